The zero-order valence-electron chi connectivity index (χ0n) is 9.90. The van der Waals surface area contributed by atoms with E-state index in [1.165, 1.54) is 7.11 Å². The molecule has 1 fully saturated rings. The molecule has 0 heterocycles. The zero-order valence-corrected chi connectivity index (χ0v) is 10.7. The van der Waals surface area contributed by atoms with Gasteiger partial charge in [-0.3, -0.25) is 0 Å². The van der Waals surface area contributed by atoms with E-state index >= 15 is 0 Å². The van der Waals surface area contributed by atoms with E-state index in [4.69, 9.17) is 21.1 Å². The summed E-state index contributed by atoms with van der Waals surface area (Å²) in [7, 11) is 1.37. The quantitative estimate of drug-likeness (QED) is 0.775. The summed E-state index contributed by atoms with van der Waals surface area (Å²) in [6, 6.07) is 5.51. The fourth-order valence-electron chi connectivity index (χ4n) is 1.69. The number of benzene rings is 1. The van der Waals surface area contributed by atoms with Crippen LogP contribution >= 0.6 is 11.6 Å². The molecular weight excluding hydrogens is 240 g/mol. The second-order valence-corrected chi connectivity index (χ2v) is 4.74. The molecule has 4 heteroatoms. The maximum absolute atomic E-state index is 11.6. The topological polar surface area (TPSA) is 35.5 Å². The summed E-state index contributed by atoms with van der Waals surface area (Å²) < 4.78 is 10.4. The van der Waals surface area contributed by atoms with E-state index in [0.29, 0.717) is 10.8 Å². The number of methoxy groups -OCH3 is 1. The van der Waals surface area contributed by atoms with E-state index in [0.717, 1.165) is 18.4 Å². The van der Waals surface area contributed by atoms with Crippen LogP contribution in [-0.4, -0.2) is 19.2 Å². The van der Waals surface area contributed by atoms with Crippen molar-refractivity contribution in [3.63, 3.8) is 0 Å². The van der Waals surface area contributed by atoms with Crippen LogP contribution in [0.1, 0.15) is 18.4 Å². The molecule has 0 aromatic heterocycles. The molecule has 3 nitrogen and oxygen atoms in total. The van der Waals surface area contributed by atoms with Gasteiger partial charge in [0.25, 0.3) is 0 Å². The van der Waals surface area contributed by atoms with Crippen molar-refractivity contribution in [2.24, 2.45) is 5.92 Å². The molecule has 1 atom stereocenters. The minimum Gasteiger partial charge on any atom is -0.477 e. The molecule has 0 aliphatic heterocycles. The third kappa shape index (κ3) is 2.91. The van der Waals surface area contributed by atoms with Crippen molar-refractivity contribution in [3.05, 3.63) is 28.8 Å². The van der Waals surface area contributed by atoms with E-state index in [1.54, 1.807) is 6.07 Å². The highest BCUT2D eigenvalue weighted by molar-refractivity contribution is 6.32. The third-order valence-electron chi connectivity index (χ3n) is 2.82. The number of hydrogen-bond donors (Lipinski definition) is 0. The molecule has 1 saturated carbocycles. The molecule has 1 aromatic carbocycles. The molecule has 1 aromatic rings. The maximum Gasteiger partial charge on any atom is 0.347 e. The fourth-order valence-corrected chi connectivity index (χ4v) is 1.97. The van der Waals surface area contributed by atoms with E-state index < -0.39 is 6.10 Å². The van der Waals surface area contributed by atoms with Gasteiger partial charge in [-0.2, -0.15) is 0 Å². The van der Waals surface area contributed by atoms with Crippen molar-refractivity contribution in [2.45, 2.75) is 25.9 Å². The lowest BCUT2D eigenvalue weighted by Gasteiger charge is -2.17. The van der Waals surface area contributed by atoms with Gasteiger partial charge in [0.2, 0.25) is 0 Å². The smallest absolute Gasteiger partial charge is 0.347 e. The first kappa shape index (κ1) is 12.2. The van der Waals surface area contributed by atoms with Gasteiger partial charge in [-0.05, 0) is 37.5 Å². The zero-order chi connectivity index (χ0) is 12.4. The lowest BCUT2D eigenvalue weighted by Crippen LogP contribution is -2.30. The van der Waals surface area contributed by atoms with Gasteiger partial charge in [-0.15, -0.1) is 0 Å². The van der Waals surface area contributed by atoms with Gasteiger partial charge >= 0.3 is 5.97 Å². The van der Waals surface area contributed by atoms with Crippen molar-refractivity contribution >= 4 is 17.6 Å². The summed E-state index contributed by atoms with van der Waals surface area (Å²) in [5.74, 6) is 0.475. The lowest BCUT2D eigenvalue weighted by atomic mass is 10.2. The van der Waals surface area contributed by atoms with Crippen molar-refractivity contribution in [2.75, 3.05) is 7.11 Å². The summed E-state index contributed by atoms with van der Waals surface area (Å²) in [6.07, 6.45) is 1.48. The van der Waals surface area contributed by atoms with Crippen LogP contribution in [0.4, 0.5) is 0 Å². The monoisotopic (exact) mass is 254 g/mol. The average molecular weight is 255 g/mol. The number of carbonyl (C=O) groups excluding carboxylic acids is 1. The summed E-state index contributed by atoms with van der Waals surface area (Å²) >= 11 is 6.07. The van der Waals surface area contributed by atoms with Gasteiger partial charge in [0.05, 0.1) is 12.1 Å². The van der Waals surface area contributed by atoms with Crippen LogP contribution in [0.2, 0.25) is 5.02 Å². The fraction of sp³-hybridized carbons (Fsp3) is 0.462. The van der Waals surface area contributed by atoms with Gasteiger partial charge in [-0.25, -0.2) is 4.79 Å². The molecule has 92 valence electrons. The van der Waals surface area contributed by atoms with Crippen LogP contribution < -0.4 is 4.74 Å². The molecule has 1 aliphatic carbocycles. The third-order valence-corrected chi connectivity index (χ3v) is 3.12. The van der Waals surface area contributed by atoms with Crippen LogP contribution in [0.3, 0.4) is 0 Å². The number of halogens is 1. The van der Waals surface area contributed by atoms with Crippen LogP contribution in [0.25, 0.3) is 0 Å². The van der Waals surface area contributed by atoms with Crippen LogP contribution in [-0.2, 0) is 9.53 Å². The van der Waals surface area contributed by atoms with Gasteiger partial charge in [0.15, 0.2) is 6.10 Å². The Bertz CT molecular complexity index is 427. The largest absolute Gasteiger partial charge is 0.477 e. The number of ether oxygens (including phenoxy) is 2. The second kappa shape index (κ2) is 4.96. The number of aryl methyl sites for hydroxylation is 1. The molecule has 2 rings (SSSR count). The Hall–Kier alpha value is -1.22. The Morgan fingerprint density at radius 2 is 2.18 bits per heavy atom. The van der Waals surface area contributed by atoms with Crippen LogP contribution in [0.15, 0.2) is 18.2 Å². The average Bonchev–Trinajstić information content (AvgIpc) is 3.11. The Kier molecular flexibility index (Phi) is 3.57. The lowest BCUT2D eigenvalue weighted by molar-refractivity contribution is -0.149. The summed E-state index contributed by atoms with van der Waals surface area (Å²) in [4.78, 5) is 11.6. The first-order valence-corrected chi connectivity index (χ1v) is 6.00. The molecule has 0 N–H and O–H groups in total. The maximum atomic E-state index is 11.6. The van der Waals surface area contributed by atoms with E-state index in [2.05, 4.69) is 0 Å². The van der Waals surface area contributed by atoms with Gasteiger partial charge in [0.1, 0.15) is 5.75 Å². The predicted octanol–water partition coefficient (Wildman–Crippen LogP) is 2.98. The molecule has 0 amide bonds. The van der Waals surface area contributed by atoms with Gasteiger partial charge < -0.3 is 9.47 Å². The summed E-state index contributed by atoms with van der Waals surface area (Å²) in [5.41, 5.74) is 1.06. The summed E-state index contributed by atoms with van der Waals surface area (Å²) in [5, 5.41) is 0.527. The molecule has 0 spiro atoms. The van der Waals surface area contributed by atoms with Crippen LogP contribution in [0, 0.1) is 12.8 Å². The van der Waals surface area contributed by atoms with E-state index in [9.17, 15) is 4.79 Å². The minimum atomic E-state index is -0.528. The standard InChI is InChI=1S/C13H15ClO3/c1-8-3-6-11(10(14)7-8)17-12(9-4-5-9)13(15)16-2/h3,6-7,9,12H,4-5H2,1-2H3. The predicted molar refractivity (Wildman–Crippen MR) is 65.3 cm³/mol. The molecule has 17 heavy (non-hydrogen) atoms. The Balaban J connectivity index is 2.14. The Labute approximate surface area is 106 Å². The first-order valence-electron chi connectivity index (χ1n) is 5.62. The second-order valence-electron chi connectivity index (χ2n) is 4.33. The van der Waals surface area contributed by atoms with Gasteiger partial charge in [-0.1, -0.05) is 17.7 Å². The normalized spacial score (nSPS) is 16.4. The van der Waals surface area contributed by atoms with Crippen molar-refractivity contribution in [1.82, 2.24) is 0 Å². The van der Waals surface area contributed by atoms with Crippen molar-refractivity contribution in [3.8, 4) is 5.75 Å². The highest BCUT2D eigenvalue weighted by atomic mass is 35.5. The van der Waals surface area contributed by atoms with Crippen molar-refractivity contribution in [1.29, 1.82) is 0 Å². The number of esters is 1. The van der Waals surface area contributed by atoms with Crippen LogP contribution in [0.5, 0.6) is 5.75 Å². The highest BCUT2D eigenvalue weighted by Crippen LogP contribution is 2.37. The highest BCUT2D eigenvalue weighted by Gasteiger charge is 2.39. The Morgan fingerprint density at radius 3 is 2.71 bits per heavy atom. The number of rotatable bonds is 4. The SMILES string of the molecule is COC(=O)C(Oc1ccc(C)cc1Cl)C1CC1. The molecule has 0 bridgehead atoms. The molecular formula is C13H15ClO3. The first-order chi connectivity index (χ1) is 8.11. The van der Waals surface area contributed by atoms with E-state index in [-0.39, 0.29) is 11.9 Å². The molecule has 0 saturated heterocycles. The number of carbonyl (C=O) groups is 1. The number of hydrogen-bond acceptors (Lipinski definition) is 3. The summed E-state index contributed by atoms with van der Waals surface area (Å²) in [6.45, 7) is 1.95. The molecule has 1 aliphatic rings. The Morgan fingerprint density at radius 1 is 1.47 bits per heavy atom. The van der Waals surface area contributed by atoms with Crippen molar-refractivity contribution < 1.29 is 14.3 Å². The van der Waals surface area contributed by atoms with E-state index in [1.807, 2.05) is 19.1 Å². The molecule has 0 radical (unpaired) electrons. The molecule has 1 unspecified atom stereocenters. The van der Waals surface area contributed by atoms with Gasteiger partial charge in [0, 0.05) is 5.92 Å². The minimum absolute atomic E-state index is 0.264.